The molecule has 3 rings (SSSR count). The lowest BCUT2D eigenvalue weighted by Gasteiger charge is -2.10. The number of aryl methyl sites for hydroxylation is 1. The van der Waals surface area contributed by atoms with Crippen molar-refractivity contribution in [3.05, 3.63) is 40.3 Å². The van der Waals surface area contributed by atoms with Crippen LogP contribution in [-0.4, -0.2) is 31.6 Å². The summed E-state index contributed by atoms with van der Waals surface area (Å²) in [6.07, 6.45) is 2.86. The highest BCUT2D eigenvalue weighted by atomic mass is 32.1. The lowest BCUT2D eigenvalue weighted by molar-refractivity contribution is -0.114. The van der Waals surface area contributed by atoms with Gasteiger partial charge < -0.3 is 20.1 Å². The number of esters is 1. The normalized spacial score (nSPS) is 12.4. The van der Waals surface area contributed by atoms with Crippen molar-refractivity contribution in [2.24, 2.45) is 0 Å². The zero-order valence-electron chi connectivity index (χ0n) is 15.6. The monoisotopic (exact) mass is 388 g/mol. The Bertz CT molecular complexity index is 814. The Morgan fingerprint density at radius 2 is 1.89 bits per heavy atom. The fraction of sp³-hybridized carbons (Fsp3) is 0.400. The largest absolute Gasteiger partial charge is 0.494 e. The highest BCUT2D eigenvalue weighted by molar-refractivity contribution is 7.17. The first-order valence-electron chi connectivity index (χ1n) is 9.20. The minimum atomic E-state index is -0.355. The van der Waals surface area contributed by atoms with E-state index in [2.05, 4.69) is 10.6 Å². The molecule has 7 heteroatoms. The molecule has 0 saturated carbocycles. The third kappa shape index (κ3) is 4.60. The molecule has 27 heavy (non-hydrogen) atoms. The van der Waals surface area contributed by atoms with Crippen molar-refractivity contribution < 1.29 is 19.1 Å². The molecule has 1 heterocycles. The molecule has 1 aromatic heterocycles. The van der Waals surface area contributed by atoms with Crippen LogP contribution in [0.3, 0.4) is 0 Å². The Morgan fingerprint density at radius 3 is 2.59 bits per heavy atom. The van der Waals surface area contributed by atoms with Crippen molar-refractivity contribution in [3.63, 3.8) is 0 Å². The number of carbonyl (C=O) groups is 2. The standard InChI is InChI=1S/C20H24N2O4S/c1-3-25-14-10-8-13(9-11-14)21-12-17(23)22-19-18(20(24)26-4-2)15-6-5-7-16(15)27-19/h8-11,21H,3-7,12H2,1-2H3,(H,22,23). The van der Waals surface area contributed by atoms with Crippen LogP contribution in [0, 0.1) is 0 Å². The molecule has 1 amide bonds. The molecule has 0 atom stereocenters. The molecular weight excluding hydrogens is 364 g/mol. The van der Waals surface area contributed by atoms with Crippen molar-refractivity contribution in [1.29, 1.82) is 0 Å². The van der Waals surface area contributed by atoms with Crippen LogP contribution >= 0.6 is 11.3 Å². The number of rotatable bonds is 8. The molecule has 1 aromatic carbocycles. The second kappa shape index (κ2) is 8.90. The maximum absolute atomic E-state index is 12.4. The van der Waals surface area contributed by atoms with Crippen molar-refractivity contribution in [2.45, 2.75) is 33.1 Å². The minimum Gasteiger partial charge on any atom is -0.494 e. The third-order valence-electron chi connectivity index (χ3n) is 4.27. The molecule has 1 aliphatic carbocycles. The van der Waals surface area contributed by atoms with E-state index in [0.717, 1.165) is 36.3 Å². The average molecular weight is 388 g/mol. The van der Waals surface area contributed by atoms with Gasteiger partial charge in [-0.3, -0.25) is 4.79 Å². The number of ether oxygens (including phenoxy) is 2. The number of benzene rings is 1. The molecule has 0 fully saturated rings. The predicted octanol–water partition coefficient (Wildman–Crippen LogP) is 3.86. The van der Waals surface area contributed by atoms with E-state index in [9.17, 15) is 9.59 Å². The first-order chi connectivity index (χ1) is 13.1. The molecule has 0 spiro atoms. The van der Waals surface area contributed by atoms with E-state index in [-0.39, 0.29) is 18.4 Å². The number of hydrogen-bond donors (Lipinski definition) is 2. The number of hydrogen-bond acceptors (Lipinski definition) is 6. The quantitative estimate of drug-likeness (QED) is 0.672. The highest BCUT2D eigenvalue weighted by Gasteiger charge is 2.28. The van der Waals surface area contributed by atoms with Gasteiger partial charge in [-0.1, -0.05) is 0 Å². The fourth-order valence-corrected chi connectivity index (χ4v) is 4.39. The van der Waals surface area contributed by atoms with Crippen LogP contribution in [0.2, 0.25) is 0 Å². The van der Waals surface area contributed by atoms with E-state index in [0.29, 0.717) is 23.8 Å². The van der Waals surface area contributed by atoms with Gasteiger partial charge in [0.05, 0.1) is 25.3 Å². The summed E-state index contributed by atoms with van der Waals surface area (Å²) in [5.74, 6) is 0.237. The summed E-state index contributed by atoms with van der Waals surface area (Å²) in [6, 6.07) is 7.43. The minimum absolute atomic E-state index is 0.110. The van der Waals surface area contributed by atoms with Crippen LogP contribution in [-0.2, 0) is 22.4 Å². The number of nitrogens with one attached hydrogen (secondary N) is 2. The average Bonchev–Trinajstić information content (AvgIpc) is 3.22. The molecule has 144 valence electrons. The second-order valence-corrected chi connectivity index (χ2v) is 7.25. The van der Waals surface area contributed by atoms with Gasteiger partial charge in [0, 0.05) is 10.6 Å². The van der Waals surface area contributed by atoms with Crippen molar-refractivity contribution in [2.75, 3.05) is 30.4 Å². The topological polar surface area (TPSA) is 76.7 Å². The number of thiophene rings is 1. The maximum Gasteiger partial charge on any atom is 0.341 e. The SMILES string of the molecule is CCOC(=O)c1c(NC(=O)CNc2ccc(OCC)cc2)sc2c1CCC2. The van der Waals surface area contributed by atoms with Gasteiger partial charge in [0.15, 0.2) is 0 Å². The zero-order valence-corrected chi connectivity index (χ0v) is 16.4. The summed E-state index contributed by atoms with van der Waals surface area (Å²) in [5.41, 5.74) is 2.39. The van der Waals surface area contributed by atoms with E-state index in [4.69, 9.17) is 9.47 Å². The smallest absolute Gasteiger partial charge is 0.341 e. The Kier molecular flexibility index (Phi) is 6.34. The molecule has 0 aliphatic heterocycles. The summed E-state index contributed by atoms with van der Waals surface area (Å²) in [4.78, 5) is 25.9. The maximum atomic E-state index is 12.4. The number of anilines is 2. The Hall–Kier alpha value is -2.54. The summed E-state index contributed by atoms with van der Waals surface area (Å²) >= 11 is 1.48. The molecule has 2 aromatic rings. The first kappa shape index (κ1) is 19.2. The summed E-state index contributed by atoms with van der Waals surface area (Å²) in [7, 11) is 0. The molecular formula is C20H24N2O4S. The van der Waals surface area contributed by atoms with E-state index in [1.165, 1.54) is 16.2 Å². The lowest BCUT2D eigenvalue weighted by Crippen LogP contribution is -2.22. The summed E-state index contributed by atoms with van der Waals surface area (Å²) in [5, 5.41) is 6.54. The molecule has 0 saturated heterocycles. The van der Waals surface area contributed by atoms with E-state index < -0.39 is 0 Å². The van der Waals surface area contributed by atoms with Crippen molar-refractivity contribution >= 4 is 33.9 Å². The van der Waals surface area contributed by atoms with Gasteiger partial charge in [-0.25, -0.2) is 4.79 Å². The summed E-state index contributed by atoms with van der Waals surface area (Å²) in [6.45, 7) is 4.75. The number of fused-ring (bicyclic) bond motifs is 1. The first-order valence-corrected chi connectivity index (χ1v) is 10.0. The van der Waals surface area contributed by atoms with Gasteiger partial charge in [-0.2, -0.15) is 0 Å². The lowest BCUT2D eigenvalue weighted by atomic mass is 10.1. The Labute approximate surface area is 162 Å². The van der Waals surface area contributed by atoms with Crippen molar-refractivity contribution in [3.8, 4) is 5.75 Å². The summed E-state index contributed by atoms with van der Waals surface area (Å²) < 4.78 is 10.6. The van der Waals surface area contributed by atoms with Gasteiger partial charge in [0.25, 0.3) is 0 Å². The fourth-order valence-electron chi connectivity index (χ4n) is 3.10. The molecule has 2 N–H and O–H groups in total. The molecule has 1 aliphatic rings. The van der Waals surface area contributed by atoms with Crippen LogP contribution in [0.25, 0.3) is 0 Å². The van der Waals surface area contributed by atoms with E-state index >= 15 is 0 Å². The van der Waals surface area contributed by atoms with Crippen LogP contribution in [0.15, 0.2) is 24.3 Å². The highest BCUT2D eigenvalue weighted by Crippen LogP contribution is 2.39. The van der Waals surface area contributed by atoms with Gasteiger partial charge >= 0.3 is 5.97 Å². The van der Waals surface area contributed by atoms with Crippen LogP contribution in [0.4, 0.5) is 10.7 Å². The number of amides is 1. The number of carbonyl (C=O) groups excluding carboxylic acids is 2. The van der Waals surface area contributed by atoms with Crippen LogP contribution < -0.4 is 15.4 Å². The van der Waals surface area contributed by atoms with Gasteiger partial charge in [0.2, 0.25) is 5.91 Å². The van der Waals surface area contributed by atoms with E-state index in [1.807, 2.05) is 31.2 Å². The van der Waals surface area contributed by atoms with Gasteiger partial charge in [-0.05, 0) is 62.9 Å². The molecule has 6 nitrogen and oxygen atoms in total. The Balaban J connectivity index is 1.63. The molecule has 0 radical (unpaired) electrons. The zero-order chi connectivity index (χ0) is 19.2. The van der Waals surface area contributed by atoms with E-state index in [1.54, 1.807) is 6.92 Å². The second-order valence-electron chi connectivity index (χ2n) is 6.14. The third-order valence-corrected chi connectivity index (χ3v) is 5.48. The van der Waals surface area contributed by atoms with Crippen LogP contribution in [0.5, 0.6) is 5.75 Å². The Morgan fingerprint density at radius 1 is 1.11 bits per heavy atom. The van der Waals surface area contributed by atoms with Gasteiger partial charge in [-0.15, -0.1) is 11.3 Å². The molecule has 0 bridgehead atoms. The predicted molar refractivity (Wildman–Crippen MR) is 107 cm³/mol. The van der Waals surface area contributed by atoms with Crippen molar-refractivity contribution in [1.82, 2.24) is 0 Å². The van der Waals surface area contributed by atoms with Crippen LogP contribution in [0.1, 0.15) is 41.1 Å². The van der Waals surface area contributed by atoms with Gasteiger partial charge in [0.1, 0.15) is 10.8 Å². The molecule has 0 unspecified atom stereocenters.